The highest BCUT2D eigenvalue weighted by Crippen LogP contribution is 2.33. The van der Waals surface area contributed by atoms with Gasteiger partial charge in [-0.05, 0) is 13.8 Å². The van der Waals surface area contributed by atoms with Crippen molar-refractivity contribution in [3.63, 3.8) is 0 Å². The molecule has 0 bridgehead atoms. The molecule has 0 saturated heterocycles. The monoisotopic (exact) mass is 520 g/mol. The Bertz CT molecular complexity index is 594. The van der Waals surface area contributed by atoms with Crippen LogP contribution in [0.2, 0.25) is 0 Å². The molecular weight excluding hydrogens is 512 g/mol. The molecule has 0 rings (SSSR count). The van der Waals surface area contributed by atoms with Crippen LogP contribution in [0.4, 0.5) is 22.0 Å². The molecule has 0 amide bonds. The predicted octanol–water partition coefficient (Wildman–Crippen LogP) is 3.98. The van der Waals surface area contributed by atoms with Gasteiger partial charge in [-0.2, -0.15) is 13.2 Å². The van der Waals surface area contributed by atoms with Crippen LogP contribution in [0.15, 0.2) is 0 Å². The Balaban J connectivity index is 0. The normalized spacial score (nSPS) is 13.2. The van der Waals surface area contributed by atoms with Crippen molar-refractivity contribution in [2.45, 2.75) is 40.7 Å². The summed E-state index contributed by atoms with van der Waals surface area (Å²) in [6.07, 6.45) is -8.74. The Morgan fingerprint density at radius 1 is 0.929 bits per heavy atom. The third kappa shape index (κ3) is 9.25. The van der Waals surface area contributed by atoms with Crippen molar-refractivity contribution in [3.05, 3.63) is 0 Å². The average Bonchev–Trinajstić information content (AvgIpc) is 2.52. The van der Waals surface area contributed by atoms with Crippen LogP contribution in [0.3, 0.4) is 0 Å². The van der Waals surface area contributed by atoms with E-state index in [-0.39, 0.29) is 6.61 Å². The first-order valence-corrected chi connectivity index (χ1v) is 8.50. The summed E-state index contributed by atoms with van der Waals surface area (Å²) in [4.78, 5) is 42.8. The number of alkyl halides is 10. The molecule has 16 heteroatoms. The summed E-state index contributed by atoms with van der Waals surface area (Å²) in [6.45, 7) is 2.46. The van der Waals surface area contributed by atoms with Gasteiger partial charge in [-0.1, -0.05) is 58.0 Å². The molecule has 0 aromatic rings. The molecule has 6 nitrogen and oxygen atoms in total. The quantitative estimate of drug-likeness (QED) is 0.218. The van der Waals surface area contributed by atoms with Crippen molar-refractivity contribution in [1.29, 1.82) is 0 Å². The Labute approximate surface area is 179 Å². The van der Waals surface area contributed by atoms with E-state index in [1.807, 2.05) is 0 Å². The number of ether oxygens (including phenoxy) is 2. The lowest BCUT2D eigenvalue weighted by Crippen LogP contribution is -2.45. The smallest absolute Gasteiger partial charge is 0.453 e. The minimum atomic E-state index is -5.34. The maximum atomic E-state index is 11.9. The highest BCUT2D eigenvalue weighted by atomic mass is 35.5. The molecule has 0 aromatic heterocycles. The Hall–Kier alpha value is -0.620. The molecule has 0 fully saturated rings. The van der Waals surface area contributed by atoms with E-state index in [0.29, 0.717) is 0 Å². The fraction of sp³-hybridized carbons (Fsp3) is 0.667. The van der Waals surface area contributed by atoms with E-state index < -0.39 is 50.3 Å². The minimum Gasteiger partial charge on any atom is -0.463 e. The summed E-state index contributed by atoms with van der Waals surface area (Å²) in [5.74, 6) is -7.66. The molecule has 28 heavy (non-hydrogen) atoms. The second kappa shape index (κ2) is 11.5. The van der Waals surface area contributed by atoms with Crippen LogP contribution in [-0.2, 0) is 28.7 Å². The van der Waals surface area contributed by atoms with Gasteiger partial charge in [0, 0.05) is 0 Å². The number of ketones is 2. The Morgan fingerprint density at radius 2 is 1.36 bits per heavy atom. The van der Waals surface area contributed by atoms with Crippen molar-refractivity contribution in [2.75, 3.05) is 6.61 Å². The predicted molar refractivity (Wildman–Crippen MR) is 89.0 cm³/mol. The number of esters is 2. The molecule has 0 saturated carbocycles. The van der Waals surface area contributed by atoms with E-state index in [1.54, 1.807) is 0 Å². The first-order chi connectivity index (χ1) is 12.3. The molecule has 1 atom stereocenters. The van der Waals surface area contributed by atoms with E-state index in [9.17, 15) is 41.1 Å². The largest absolute Gasteiger partial charge is 0.463 e. The number of carbonyl (C=O) groups excluding carboxylic acids is 4. The lowest BCUT2D eigenvalue weighted by molar-refractivity contribution is -0.176. The Kier molecular flexibility index (Phi) is 12.2. The molecular formula is C12H10Cl5F5O6. The van der Waals surface area contributed by atoms with Gasteiger partial charge in [0.05, 0.1) is 6.61 Å². The summed E-state index contributed by atoms with van der Waals surface area (Å²) < 4.78 is 61.4. The van der Waals surface area contributed by atoms with Gasteiger partial charge in [0.15, 0.2) is 5.56 Å². The number of hydrogen-bond donors (Lipinski definition) is 0. The zero-order valence-corrected chi connectivity index (χ0v) is 17.4. The van der Waals surface area contributed by atoms with Gasteiger partial charge in [-0.25, -0.2) is 18.4 Å². The Morgan fingerprint density at radius 3 is 1.64 bits per heavy atom. The van der Waals surface area contributed by atoms with Crippen molar-refractivity contribution in [1.82, 2.24) is 0 Å². The summed E-state index contributed by atoms with van der Waals surface area (Å²) in [7, 11) is 0. The lowest BCUT2D eigenvalue weighted by Gasteiger charge is -2.18. The fourth-order valence-corrected chi connectivity index (χ4v) is 1.61. The van der Waals surface area contributed by atoms with Crippen molar-refractivity contribution >= 4 is 81.5 Å². The molecule has 1 unspecified atom stereocenters. The van der Waals surface area contributed by atoms with Gasteiger partial charge in [0.1, 0.15) is 0 Å². The van der Waals surface area contributed by atoms with Gasteiger partial charge < -0.3 is 9.47 Å². The fourth-order valence-electron chi connectivity index (χ4n) is 0.952. The van der Waals surface area contributed by atoms with Crippen molar-refractivity contribution in [2.24, 2.45) is 0 Å². The topological polar surface area (TPSA) is 86.7 Å². The van der Waals surface area contributed by atoms with E-state index in [4.69, 9.17) is 58.0 Å². The molecule has 0 aliphatic rings. The SMILES string of the molecule is CC(Cl)OC(=O)C(Cl)(Cl)C(=O)C(F)(F)F.CCOC(=O)C(Cl)(Cl)C(=O)C(F)F. The van der Waals surface area contributed by atoms with Gasteiger partial charge in [0.25, 0.3) is 20.9 Å². The molecule has 164 valence electrons. The summed E-state index contributed by atoms with van der Waals surface area (Å²) in [5.41, 5.74) is -1.25. The zero-order chi connectivity index (χ0) is 23.1. The standard InChI is InChI=1S/C6H4Cl3F3O3.C6H6Cl2F2O3/c1-2(7)15-4(14)5(8,9)3(13)6(10,11)12;1-2-13-5(12)6(7,8)3(11)4(9)10/h2H,1H3;4H,2H2,1H3. The van der Waals surface area contributed by atoms with Crippen LogP contribution in [0.5, 0.6) is 0 Å². The van der Waals surface area contributed by atoms with Crippen LogP contribution in [-0.4, -0.2) is 56.9 Å². The first kappa shape index (κ1) is 29.6. The number of hydrogen-bond acceptors (Lipinski definition) is 6. The molecule has 0 heterocycles. The van der Waals surface area contributed by atoms with Crippen LogP contribution in [0.1, 0.15) is 13.8 Å². The number of carbonyl (C=O) groups is 4. The summed E-state index contributed by atoms with van der Waals surface area (Å²) in [6, 6.07) is 0. The van der Waals surface area contributed by atoms with E-state index >= 15 is 0 Å². The van der Waals surface area contributed by atoms with E-state index in [2.05, 4.69) is 9.47 Å². The van der Waals surface area contributed by atoms with Crippen LogP contribution in [0.25, 0.3) is 0 Å². The van der Waals surface area contributed by atoms with Crippen LogP contribution >= 0.6 is 58.0 Å². The van der Waals surface area contributed by atoms with Gasteiger partial charge in [-0.15, -0.1) is 0 Å². The third-order valence-corrected chi connectivity index (χ3v) is 3.53. The zero-order valence-electron chi connectivity index (χ0n) is 13.6. The lowest BCUT2D eigenvalue weighted by atomic mass is 10.2. The van der Waals surface area contributed by atoms with Gasteiger partial charge in [0.2, 0.25) is 5.78 Å². The van der Waals surface area contributed by atoms with Crippen molar-refractivity contribution in [3.8, 4) is 0 Å². The minimum absolute atomic E-state index is 0.101. The summed E-state index contributed by atoms with van der Waals surface area (Å²) in [5, 5.41) is 0. The maximum Gasteiger partial charge on any atom is 0.453 e. The summed E-state index contributed by atoms with van der Waals surface area (Å²) >= 11 is 25.1. The highest BCUT2D eigenvalue weighted by molar-refractivity contribution is 6.68. The van der Waals surface area contributed by atoms with E-state index in [0.717, 1.165) is 6.92 Å². The van der Waals surface area contributed by atoms with Gasteiger partial charge in [-0.3, -0.25) is 9.59 Å². The second-order valence-corrected chi connectivity index (χ2v) is 7.58. The molecule has 0 spiro atoms. The van der Waals surface area contributed by atoms with E-state index in [1.165, 1.54) is 6.92 Å². The van der Waals surface area contributed by atoms with Crippen molar-refractivity contribution < 1.29 is 50.6 Å². The second-order valence-electron chi connectivity index (χ2n) is 4.31. The first-order valence-electron chi connectivity index (χ1n) is 6.55. The third-order valence-electron chi connectivity index (χ3n) is 2.11. The number of Topliss-reactive ketones (excluding diaryl/α,β-unsaturated/α-hetero) is 2. The molecule has 0 aliphatic carbocycles. The maximum absolute atomic E-state index is 11.9. The molecule has 0 aromatic carbocycles. The number of halogens is 10. The molecule has 0 aliphatic heterocycles. The van der Waals surface area contributed by atoms with Crippen LogP contribution < -0.4 is 0 Å². The van der Waals surface area contributed by atoms with Gasteiger partial charge >= 0.3 is 18.1 Å². The molecule has 0 N–H and O–H groups in total. The number of rotatable bonds is 7. The highest BCUT2D eigenvalue weighted by Gasteiger charge is 2.57. The molecule has 0 radical (unpaired) electrons. The van der Waals surface area contributed by atoms with Crippen LogP contribution in [0, 0.1) is 0 Å². The average molecular weight is 522 g/mol.